The first-order valence-electron chi connectivity index (χ1n) is 33.6. The molecule has 1 N–H and O–H groups in total. The van der Waals surface area contributed by atoms with Gasteiger partial charge in [-0.1, -0.05) is 260 Å². The number of hydrogen-bond acceptors (Lipinski definition) is 4. The van der Waals surface area contributed by atoms with Crippen LogP contribution in [0.25, 0.3) is 82.2 Å². The second kappa shape index (κ2) is 33.3. The van der Waals surface area contributed by atoms with Crippen LogP contribution < -0.4 is 4.74 Å². The summed E-state index contributed by atoms with van der Waals surface area (Å²) in [6, 6.07) is 41.4. The fraction of sp³-hybridized carbons (Fsp3) is 0.432. The Kier molecular flexibility index (Phi) is 24.6. The number of carboxylic acid groups (broad SMARTS) is 1. The van der Waals surface area contributed by atoms with Crippen LogP contribution in [0.15, 0.2) is 127 Å². The highest BCUT2D eigenvalue weighted by Crippen LogP contribution is 2.48. The number of ether oxygens (including phenoxy) is 1. The first kappa shape index (κ1) is 63.6. The number of aryl methyl sites for hydroxylation is 1. The molecule has 0 amide bonds. The van der Waals surface area contributed by atoms with Crippen LogP contribution in [0.5, 0.6) is 5.75 Å². The summed E-state index contributed by atoms with van der Waals surface area (Å²) in [5, 5.41) is 35.6. The lowest BCUT2D eigenvalue weighted by Crippen LogP contribution is -2.12. The molecule has 0 aliphatic carbocycles. The average molecular weight is 1160 g/mol. The summed E-state index contributed by atoms with van der Waals surface area (Å²) >= 11 is 1.67. The molecule has 5 heteroatoms. The second-order valence-electron chi connectivity index (χ2n) is 24.9. The molecule has 4 nitrogen and oxygen atoms in total. The van der Waals surface area contributed by atoms with E-state index in [4.69, 9.17) is 4.74 Å². The van der Waals surface area contributed by atoms with Crippen molar-refractivity contribution in [1.82, 2.24) is 0 Å². The van der Waals surface area contributed by atoms with Crippen LogP contribution >= 0.6 is 11.3 Å². The van der Waals surface area contributed by atoms with Gasteiger partial charge >= 0.3 is 5.97 Å². The lowest BCUT2D eigenvalue weighted by atomic mass is 9.81. The number of rotatable bonds is 37. The molecule has 0 fully saturated rings. The highest BCUT2D eigenvalue weighted by atomic mass is 32.1. The highest BCUT2D eigenvalue weighted by molar-refractivity contribution is 7.09. The van der Waals surface area contributed by atoms with E-state index in [0.717, 1.165) is 76.6 Å². The predicted molar refractivity (Wildman–Crippen MR) is 371 cm³/mol. The number of thiophene rings is 1. The van der Waals surface area contributed by atoms with E-state index in [1.54, 1.807) is 23.5 Å². The molecule has 0 aliphatic rings. The largest absolute Gasteiger partial charge is 0.493 e. The molecule has 2 unspecified atom stereocenters. The van der Waals surface area contributed by atoms with Gasteiger partial charge in [-0.05, 0) is 174 Å². The van der Waals surface area contributed by atoms with Crippen LogP contribution in [-0.4, -0.2) is 17.7 Å². The fourth-order valence-electron chi connectivity index (χ4n) is 13.8. The summed E-state index contributed by atoms with van der Waals surface area (Å²) in [5.74, 6) is 8.80. The van der Waals surface area contributed by atoms with Crippen molar-refractivity contribution < 1.29 is 14.6 Å². The molecule has 2 atom stereocenters. The van der Waals surface area contributed by atoms with E-state index >= 15 is 0 Å². The standard InChI is InChI=1S/C81H95NO3S/c1-5-9-12-15-17-18-20-24-31-59(32-25-21-22-27-53-82)35-28-36-67-54-66(46-43-64-49-52-69(76-58-86-57-75(64)76)62-41-44-65(45-42-62)81(83)84)70-37-29-38-71-72-39-30-40-73-74(55-61(8-4)77(80(72)73)78(67)79(70)71)63-47-50-68(51-48-63)85-56-60(33-23-14-11-7-3)34-26-19-16-13-10-6-2/h8,29-30,37-42,44-45,47-52,54-55,57-60H,4-7,9-28,31-36,56H2,1-3H3,(H,83,84). The average Bonchev–Trinajstić information content (AvgIpc) is 0.802. The Morgan fingerprint density at radius 3 is 1.67 bits per heavy atom. The summed E-state index contributed by atoms with van der Waals surface area (Å²) in [4.78, 5) is 11.7. The van der Waals surface area contributed by atoms with Gasteiger partial charge in [0, 0.05) is 28.3 Å². The molecule has 0 bridgehead atoms. The monoisotopic (exact) mass is 1160 g/mol. The van der Waals surface area contributed by atoms with Crippen LogP contribution in [0, 0.1) is 35.0 Å². The minimum absolute atomic E-state index is 0.280. The number of nitrogens with zero attached hydrogens (tertiary/aromatic N) is 1. The minimum atomic E-state index is -0.924. The van der Waals surface area contributed by atoms with Gasteiger partial charge in [-0.15, -0.1) is 0 Å². The second-order valence-corrected chi connectivity index (χ2v) is 25.6. The van der Waals surface area contributed by atoms with Gasteiger partial charge in [-0.25, -0.2) is 4.79 Å². The molecule has 0 saturated heterocycles. The van der Waals surface area contributed by atoms with E-state index in [1.807, 2.05) is 12.1 Å². The van der Waals surface area contributed by atoms with E-state index in [-0.39, 0.29) is 5.56 Å². The van der Waals surface area contributed by atoms with Gasteiger partial charge in [-0.2, -0.15) is 16.6 Å². The smallest absolute Gasteiger partial charge is 0.335 e. The van der Waals surface area contributed by atoms with Gasteiger partial charge in [0.1, 0.15) is 5.75 Å². The minimum Gasteiger partial charge on any atom is -0.493 e. The quantitative estimate of drug-likeness (QED) is 0.0182. The molecular weight excluding hydrogens is 1070 g/mol. The lowest BCUT2D eigenvalue weighted by Gasteiger charge is -2.22. The first-order chi connectivity index (χ1) is 42.3. The maximum Gasteiger partial charge on any atom is 0.335 e. The zero-order valence-electron chi connectivity index (χ0n) is 52.3. The van der Waals surface area contributed by atoms with Gasteiger partial charge in [0.2, 0.25) is 0 Å². The topological polar surface area (TPSA) is 70.3 Å². The third kappa shape index (κ3) is 16.4. The Bertz CT molecular complexity index is 3710. The number of unbranched alkanes of at least 4 members (excludes halogenated alkanes) is 18. The molecular formula is C81H95NO3S. The fourth-order valence-corrected chi connectivity index (χ4v) is 14.7. The number of carbonyl (C=O) groups is 1. The maximum absolute atomic E-state index is 11.7. The Morgan fingerprint density at radius 1 is 0.523 bits per heavy atom. The molecule has 0 saturated carbocycles. The zero-order chi connectivity index (χ0) is 59.9. The molecule has 0 radical (unpaired) electrons. The molecule has 0 aliphatic heterocycles. The van der Waals surface area contributed by atoms with Crippen molar-refractivity contribution >= 4 is 77.2 Å². The summed E-state index contributed by atoms with van der Waals surface area (Å²) < 4.78 is 6.66. The van der Waals surface area contributed by atoms with Crippen molar-refractivity contribution in [3.63, 3.8) is 0 Å². The number of hydrogen-bond donors (Lipinski definition) is 1. The summed E-state index contributed by atoms with van der Waals surface area (Å²) in [7, 11) is 0. The highest BCUT2D eigenvalue weighted by Gasteiger charge is 2.23. The molecule has 9 rings (SSSR count). The summed E-state index contributed by atoms with van der Waals surface area (Å²) in [5.41, 5.74) is 9.26. The Balaban J connectivity index is 1.08. The maximum atomic E-state index is 11.7. The van der Waals surface area contributed by atoms with E-state index in [9.17, 15) is 15.2 Å². The third-order valence-corrected chi connectivity index (χ3v) is 19.4. The Hall–Kier alpha value is -6.92. The number of benzene rings is 8. The van der Waals surface area contributed by atoms with E-state index in [1.165, 1.54) is 214 Å². The number of aromatic carboxylic acids is 1. The van der Waals surface area contributed by atoms with Crippen LogP contribution in [-0.2, 0) is 6.42 Å². The van der Waals surface area contributed by atoms with Crippen molar-refractivity contribution in [3.8, 4) is 45.9 Å². The van der Waals surface area contributed by atoms with Crippen LogP contribution in [0.2, 0.25) is 0 Å². The van der Waals surface area contributed by atoms with Crippen molar-refractivity contribution in [2.75, 3.05) is 6.61 Å². The van der Waals surface area contributed by atoms with Crippen molar-refractivity contribution in [1.29, 1.82) is 5.26 Å². The molecule has 8 aromatic carbocycles. The number of carboxylic acids is 1. The number of fused-ring (bicyclic) bond motifs is 3. The molecule has 1 heterocycles. The Morgan fingerprint density at radius 2 is 1.05 bits per heavy atom. The van der Waals surface area contributed by atoms with Gasteiger partial charge in [0.15, 0.2) is 0 Å². The molecule has 86 heavy (non-hydrogen) atoms. The van der Waals surface area contributed by atoms with Crippen LogP contribution in [0.3, 0.4) is 0 Å². The SMILES string of the molecule is C=Cc1cc(-c2ccc(OCC(CCCCCC)CCCCCCCC)cc2)c2cccc3c4cccc5c(C#Cc6ccc(-c7ccc(C(=O)O)cc7)c7cscc67)cc(CCCC(CCCCCC#N)CCCCCCCCCC)c(c1c23)c54. The lowest BCUT2D eigenvalue weighted by molar-refractivity contribution is 0.0697. The molecule has 448 valence electrons. The molecule has 9 aromatic rings. The molecule has 0 spiro atoms. The van der Waals surface area contributed by atoms with E-state index in [0.29, 0.717) is 18.3 Å². The Labute approximate surface area is 519 Å². The first-order valence-corrected chi connectivity index (χ1v) is 34.6. The van der Waals surface area contributed by atoms with Gasteiger partial charge in [-0.3, -0.25) is 0 Å². The van der Waals surface area contributed by atoms with Crippen LogP contribution in [0.1, 0.15) is 233 Å². The summed E-state index contributed by atoms with van der Waals surface area (Å²) in [6.45, 7) is 12.2. The van der Waals surface area contributed by atoms with Crippen molar-refractivity contribution in [3.05, 3.63) is 154 Å². The van der Waals surface area contributed by atoms with Crippen molar-refractivity contribution in [2.24, 2.45) is 11.8 Å². The van der Waals surface area contributed by atoms with Gasteiger partial charge in [0.05, 0.1) is 18.2 Å². The predicted octanol–water partition coefficient (Wildman–Crippen LogP) is 24.7. The van der Waals surface area contributed by atoms with Crippen LogP contribution in [0.4, 0.5) is 0 Å². The number of nitriles is 1. The van der Waals surface area contributed by atoms with Crippen molar-refractivity contribution in [2.45, 2.75) is 207 Å². The third-order valence-electron chi connectivity index (χ3n) is 18.6. The zero-order valence-corrected chi connectivity index (χ0v) is 53.1. The molecule has 1 aromatic heterocycles. The normalized spacial score (nSPS) is 12.3. The summed E-state index contributed by atoms with van der Waals surface area (Å²) in [6.07, 6.45) is 38.2. The van der Waals surface area contributed by atoms with E-state index < -0.39 is 5.97 Å². The van der Waals surface area contributed by atoms with Gasteiger partial charge < -0.3 is 9.84 Å². The van der Waals surface area contributed by atoms with E-state index in [2.05, 4.69) is 147 Å². The van der Waals surface area contributed by atoms with Gasteiger partial charge in [0.25, 0.3) is 0 Å².